The lowest BCUT2D eigenvalue weighted by atomic mass is 9.77. The molecule has 30 heteroatoms. The monoisotopic (exact) mass is 1900 g/mol. The zero-order valence-electron chi connectivity index (χ0n) is 79.3. The molecule has 0 heterocycles. The summed E-state index contributed by atoms with van der Waals surface area (Å²) >= 11 is 0. The molecular formula is C109H136N14O16. The first-order chi connectivity index (χ1) is 67.0. The molecule has 0 aliphatic heterocycles. The van der Waals surface area contributed by atoms with E-state index in [2.05, 4.69) is 42.5 Å². The van der Waals surface area contributed by atoms with E-state index in [1.54, 1.807) is 104 Å². The average molecular weight is 1900 g/mol. The molecule has 12 rings (SSSR count). The summed E-state index contributed by atoms with van der Waals surface area (Å²) in [4.78, 5) is 203. The van der Waals surface area contributed by atoms with Crippen LogP contribution in [0.25, 0.3) is 0 Å². The van der Waals surface area contributed by atoms with E-state index >= 15 is 0 Å². The number of nitrogens with one attached hydrogen (secondary N) is 8. The summed E-state index contributed by atoms with van der Waals surface area (Å²) in [5, 5.41) is 23.1. The Labute approximate surface area is 813 Å². The van der Waals surface area contributed by atoms with Gasteiger partial charge in [-0.05, 0) is 187 Å². The van der Waals surface area contributed by atoms with E-state index in [4.69, 9.17) is 34.4 Å². The first-order valence-electron chi connectivity index (χ1n) is 48.5. The number of ketones is 4. The number of unbranched alkanes of at least 4 members (excludes halogenated alkanes) is 2. The fourth-order valence-electron chi connectivity index (χ4n) is 18.3. The Hall–Kier alpha value is -14.0. The van der Waals surface area contributed by atoms with Crippen molar-refractivity contribution in [1.29, 1.82) is 0 Å². The Morgan fingerprint density at radius 1 is 0.309 bits per heavy atom. The molecule has 30 nitrogen and oxygen atoms in total. The van der Waals surface area contributed by atoms with Crippen LogP contribution < -0.4 is 76.9 Å². The minimum atomic E-state index is -1.02. The van der Waals surface area contributed by atoms with E-state index in [0.717, 1.165) is 60.8 Å². The van der Waals surface area contributed by atoms with Crippen LogP contribution in [0.4, 0.5) is 0 Å². The summed E-state index contributed by atoms with van der Waals surface area (Å²) < 4.78 is 0. The van der Waals surface area contributed by atoms with Gasteiger partial charge in [0.25, 0.3) is 23.6 Å². The summed E-state index contributed by atoms with van der Waals surface area (Å²) in [7, 11) is 0. The van der Waals surface area contributed by atoms with Gasteiger partial charge in [-0.25, -0.2) is 0 Å². The molecule has 4 aliphatic carbocycles. The van der Waals surface area contributed by atoms with Gasteiger partial charge in [-0.1, -0.05) is 240 Å². The summed E-state index contributed by atoms with van der Waals surface area (Å²) in [5.74, 6) is -7.04. The SMILES string of the molecule is C[C@@](CCCCN)(CC(=O)[C@H](Cc1ccccc1)NC(=O)c1ccccc1)C(=O)N[C@H]1CCC[C@H]1C(N)=O.NC(=O)[C@@H]1CCC[C@@H]1NC(=O)CCC(=O)[C@H](Cc1ccccc1)NC(=O)c1ccccc1.NC(=O)[C@@H]1CCC[C@H]1NC(=O)CCC(=O)[C@H](Cc1ccccc1)NC(=O)c1ccccc1.NCCCC[C@H](CC(=O)[C@H](Cc1ccccc1)NC(=O)c1ccccc1)C(=O)N[C@@H]1CCC[C@H]1C(N)=O. The molecule has 4 saturated carbocycles. The predicted molar refractivity (Wildman–Crippen MR) is 530 cm³/mol. The minimum Gasteiger partial charge on any atom is -0.369 e. The number of Topliss-reactive ketones (excluding diaryl/α,β-unsaturated/α-hetero) is 4. The molecule has 4 aliphatic rings. The third kappa shape index (κ3) is 36.1. The smallest absolute Gasteiger partial charge is 0.251 e. The number of hydrogen-bond donors (Lipinski definition) is 14. The van der Waals surface area contributed by atoms with Crippen LogP contribution in [-0.4, -0.2) is 155 Å². The Morgan fingerprint density at radius 2 is 0.576 bits per heavy atom. The van der Waals surface area contributed by atoms with Gasteiger partial charge in [0, 0.05) is 90.9 Å². The molecular weight excluding hydrogens is 1760 g/mol. The molecule has 0 spiro atoms. The Balaban J connectivity index is 0.000000208. The van der Waals surface area contributed by atoms with Gasteiger partial charge in [0.2, 0.25) is 47.3 Å². The van der Waals surface area contributed by atoms with Crippen LogP contribution in [0.1, 0.15) is 225 Å². The maximum Gasteiger partial charge on any atom is 0.251 e. The lowest BCUT2D eigenvalue weighted by Crippen LogP contribution is -2.50. The van der Waals surface area contributed by atoms with E-state index < -0.39 is 65.0 Å². The molecule has 0 bridgehead atoms. The van der Waals surface area contributed by atoms with Crippen molar-refractivity contribution in [3.8, 4) is 0 Å². The lowest BCUT2D eigenvalue weighted by molar-refractivity contribution is -0.137. The number of hydrogen-bond acceptors (Lipinski definition) is 18. The number of rotatable bonds is 48. The van der Waals surface area contributed by atoms with Crippen molar-refractivity contribution in [2.45, 2.75) is 235 Å². The molecule has 12 amide bonds. The van der Waals surface area contributed by atoms with Gasteiger partial charge in [0.15, 0.2) is 23.1 Å². The van der Waals surface area contributed by atoms with E-state index in [1.807, 2.05) is 146 Å². The second-order valence-electron chi connectivity index (χ2n) is 36.7. The minimum absolute atomic E-state index is 0.00663. The first kappa shape index (κ1) is 109. The van der Waals surface area contributed by atoms with Crippen LogP contribution in [-0.2, 0) is 83.2 Å². The standard InChI is InChI=1S/C30H40N4O4.C29H38N4O4.2C25H29N3O4/c1-30(17-8-9-18-31,29(38)34-24-16-10-15-23(24)27(32)36)20-26(35)25(19-21-11-4-2-5-12-21)33-28(37)22-13-6-3-7-14-22;30-17-8-7-14-22(29(37)32-24-16-9-15-23(24)27(31)35)19-26(34)25(18-20-10-3-1-4-11-20)33-28(36)21-12-5-2-6-13-21;2*26-24(31)19-12-7-13-20(19)27-23(30)15-14-22(29)21(16-17-8-3-1-4-9-17)28-25(32)18-10-5-2-6-11-18/h2-7,11-14,23-25H,8-10,15-20,31H2,1H3,(H2,32,36)(H,33,37)(H,34,38);1-6,10-13,22-25H,7-9,14-19,30H2,(H2,31,35)(H,32,37)(H,33,36);2*1-6,8-11,19-21H,7,12-16H2,(H2,26,31)(H,27,30)(H,28,32)/t23-,24+,25+,30-;22-,23-,24-,25+;19-,20+,21+;19-,20-,21+/m1111/s1. The normalized spacial score (nSPS) is 18.7. The fourth-order valence-corrected chi connectivity index (χ4v) is 18.3. The molecule has 4 fully saturated rings. The highest BCUT2D eigenvalue weighted by molar-refractivity contribution is 6.02. The highest BCUT2D eigenvalue weighted by Gasteiger charge is 2.43. The molecule has 738 valence electrons. The van der Waals surface area contributed by atoms with Crippen molar-refractivity contribution in [1.82, 2.24) is 42.5 Å². The first-order valence-corrected chi connectivity index (χ1v) is 48.5. The van der Waals surface area contributed by atoms with Gasteiger partial charge in [-0.15, -0.1) is 0 Å². The molecule has 0 saturated heterocycles. The fraction of sp³-hybridized carbons (Fsp3) is 0.413. The van der Waals surface area contributed by atoms with E-state index in [0.29, 0.717) is 138 Å². The number of benzene rings is 8. The highest BCUT2D eigenvalue weighted by Crippen LogP contribution is 2.35. The van der Waals surface area contributed by atoms with Crippen LogP contribution in [0, 0.1) is 35.0 Å². The van der Waals surface area contributed by atoms with Crippen LogP contribution in [0.3, 0.4) is 0 Å². The molecule has 14 atom stereocenters. The van der Waals surface area contributed by atoms with Crippen molar-refractivity contribution in [2.24, 2.45) is 69.4 Å². The van der Waals surface area contributed by atoms with Crippen molar-refractivity contribution in [2.75, 3.05) is 13.1 Å². The van der Waals surface area contributed by atoms with Gasteiger partial charge < -0.3 is 76.9 Å². The largest absolute Gasteiger partial charge is 0.369 e. The Kier molecular flexibility index (Phi) is 44.8. The van der Waals surface area contributed by atoms with Gasteiger partial charge in [0.05, 0.1) is 53.3 Å². The number of carbonyl (C=O) groups is 16. The third-order valence-corrected chi connectivity index (χ3v) is 26.2. The molecule has 0 aromatic heterocycles. The molecule has 0 radical (unpaired) electrons. The predicted octanol–water partition coefficient (Wildman–Crippen LogP) is 9.69. The zero-order chi connectivity index (χ0) is 100. The van der Waals surface area contributed by atoms with E-state index in [9.17, 15) is 76.7 Å². The molecule has 8 aromatic carbocycles. The second kappa shape index (κ2) is 57.3. The van der Waals surface area contributed by atoms with E-state index in [-0.39, 0.29) is 151 Å². The summed E-state index contributed by atoms with van der Waals surface area (Å²) in [6.07, 6.45) is 13.7. The summed E-state index contributed by atoms with van der Waals surface area (Å²) in [5.41, 5.74) is 37.7. The quantitative estimate of drug-likeness (QED) is 0.0158. The van der Waals surface area contributed by atoms with Crippen molar-refractivity contribution in [3.05, 3.63) is 287 Å². The number of primary amides is 4. The maximum atomic E-state index is 13.8. The Morgan fingerprint density at radius 3 is 0.871 bits per heavy atom. The summed E-state index contributed by atoms with van der Waals surface area (Å²) in [6.45, 7) is 2.77. The van der Waals surface area contributed by atoms with Crippen LogP contribution in [0.2, 0.25) is 0 Å². The third-order valence-electron chi connectivity index (χ3n) is 26.2. The van der Waals surface area contributed by atoms with Gasteiger partial charge in [0.1, 0.15) is 0 Å². The topological polar surface area (TPSA) is 525 Å². The number of carbonyl (C=O) groups excluding carboxylic acids is 16. The van der Waals surface area contributed by atoms with Crippen LogP contribution >= 0.6 is 0 Å². The average Bonchev–Trinajstić information content (AvgIpc) is 1.48. The van der Waals surface area contributed by atoms with E-state index in [1.165, 1.54) is 0 Å². The van der Waals surface area contributed by atoms with Gasteiger partial charge in [-0.2, -0.15) is 0 Å². The summed E-state index contributed by atoms with van der Waals surface area (Å²) in [6, 6.07) is 68.4. The van der Waals surface area contributed by atoms with Gasteiger partial charge in [-0.3, -0.25) is 76.7 Å². The molecule has 139 heavy (non-hydrogen) atoms. The lowest BCUT2D eigenvalue weighted by Gasteiger charge is -2.32. The van der Waals surface area contributed by atoms with Crippen molar-refractivity contribution in [3.63, 3.8) is 0 Å². The Bertz CT molecular complexity index is 5190. The zero-order valence-corrected chi connectivity index (χ0v) is 79.3. The highest BCUT2D eigenvalue weighted by atomic mass is 16.2. The van der Waals surface area contributed by atoms with Gasteiger partial charge >= 0.3 is 0 Å². The van der Waals surface area contributed by atoms with Crippen LogP contribution in [0.5, 0.6) is 0 Å². The van der Waals surface area contributed by atoms with Crippen LogP contribution in [0.15, 0.2) is 243 Å². The maximum absolute atomic E-state index is 13.8. The number of amides is 12. The molecule has 0 unspecified atom stereocenters. The number of nitrogens with two attached hydrogens (primary N) is 6. The van der Waals surface area contributed by atoms with Crippen molar-refractivity contribution >= 4 is 94.0 Å². The van der Waals surface area contributed by atoms with Crippen molar-refractivity contribution < 1.29 is 76.7 Å². The second-order valence-corrected chi connectivity index (χ2v) is 36.7. The molecule has 20 N–H and O–H groups in total. The molecule has 8 aromatic rings.